The molecule has 1 fully saturated rings. The Morgan fingerprint density at radius 3 is 2.17 bits per heavy atom. The molecular weight excluding hydrogens is 420 g/mol. The highest BCUT2D eigenvalue weighted by atomic mass is 14.4. The molecule has 0 aliphatic heterocycles. The first-order valence-electron chi connectivity index (χ1n) is 13.6. The van der Waals surface area contributed by atoms with E-state index in [0.717, 1.165) is 38.5 Å². The molecule has 0 amide bonds. The fraction of sp³-hybridized carbons (Fsp3) is 0.371. The molecule has 0 heteroatoms. The number of benzene rings is 2. The van der Waals surface area contributed by atoms with Crippen molar-refractivity contribution in [3.63, 3.8) is 0 Å². The molecule has 0 radical (unpaired) electrons. The van der Waals surface area contributed by atoms with Crippen LogP contribution in [0, 0.1) is 5.92 Å². The molecule has 2 aromatic carbocycles. The SMILES string of the molecule is C=C(CCC)C1=C(C)C=C2CC(=Cc3cc(CC)c(CC)c(CC)c3)C(=C)C2C1c1ccccc1. The smallest absolute Gasteiger partial charge is 0.0201 e. The van der Waals surface area contributed by atoms with Crippen molar-refractivity contribution >= 4 is 6.08 Å². The Balaban J connectivity index is 1.79. The minimum atomic E-state index is 0.300. The molecule has 35 heavy (non-hydrogen) atoms. The summed E-state index contributed by atoms with van der Waals surface area (Å²) < 4.78 is 0. The first-order valence-corrected chi connectivity index (χ1v) is 13.6. The summed E-state index contributed by atoms with van der Waals surface area (Å²) in [5, 5.41) is 0. The summed E-state index contributed by atoms with van der Waals surface area (Å²) in [7, 11) is 0. The van der Waals surface area contributed by atoms with Gasteiger partial charge in [-0.25, -0.2) is 0 Å². The van der Waals surface area contributed by atoms with E-state index >= 15 is 0 Å². The van der Waals surface area contributed by atoms with Gasteiger partial charge in [0.15, 0.2) is 0 Å². The van der Waals surface area contributed by atoms with Crippen molar-refractivity contribution < 1.29 is 0 Å². The van der Waals surface area contributed by atoms with E-state index in [0.29, 0.717) is 11.8 Å². The average molecular weight is 463 g/mol. The van der Waals surface area contributed by atoms with Gasteiger partial charge in [-0.05, 0) is 89.1 Å². The topological polar surface area (TPSA) is 0 Å². The van der Waals surface area contributed by atoms with E-state index in [2.05, 4.69) is 95.8 Å². The molecule has 2 atom stereocenters. The second kappa shape index (κ2) is 10.8. The van der Waals surface area contributed by atoms with Gasteiger partial charge < -0.3 is 0 Å². The summed E-state index contributed by atoms with van der Waals surface area (Å²) in [6, 6.07) is 15.9. The van der Waals surface area contributed by atoms with Crippen LogP contribution in [0.15, 0.2) is 95.1 Å². The molecule has 182 valence electrons. The summed E-state index contributed by atoms with van der Waals surface area (Å²) in [4.78, 5) is 0. The normalized spacial score (nSPS) is 20.9. The highest BCUT2D eigenvalue weighted by Gasteiger charge is 2.40. The van der Waals surface area contributed by atoms with Gasteiger partial charge in [-0.3, -0.25) is 0 Å². The van der Waals surface area contributed by atoms with Crippen molar-refractivity contribution in [2.24, 2.45) is 5.92 Å². The molecule has 1 saturated carbocycles. The Hall–Kier alpha value is -2.86. The van der Waals surface area contributed by atoms with E-state index in [1.807, 2.05) is 0 Å². The summed E-state index contributed by atoms with van der Waals surface area (Å²) in [5.74, 6) is 0.621. The van der Waals surface area contributed by atoms with E-state index in [1.54, 1.807) is 5.56 Å². The van der Waals surface area contributed by atoms with Gasteiger partial charge in [0.1, 0.15) is 0 Å². The lowest BCUT2D eigenvalue weighted by Gasteiger charge is -2.34. The van der Waals surface area contributed by atoms with Crippen LogP contribution >= 0.6 is 0 Å². The summed E-state index contributed by atoms with van der Waals surface area (Å²) >= 11 is 0. The van der Waals surface area contributed by atoms with Gasteiger partial charge >= 0.3 is 0 Å². The van der Waals surface area contributed by atoms with Crippen LogP contribution in [0.3, 0.4) is 0 Å². The lowest BCUT2D eigenvalue weighted by atomic mass is 9.69. The van der Waals surface area contributed by atoms with Gasteiger partial charge in [-0.1, -0.05) is 113 Å². The molecule has 0 N–H and O–H groups in total. The molecule has 0 aromatic heterocycles. The molecule has 4 rings (SSSR count). The molecule has 0 heterocycles. The standard InChI is InChI=1S/C35H42/c1-8-15-23(5)33-24(6)18-31-22-30(25(7)34(31)35(33)29-16-13-12-14-17-29)21-26-19-27(9-2)32(11-4)28(10-3)20-26/h12-14,16-21,34-35H,5,7-11,15,22H2,1-4,6H3. The number of allylic oxidation sites excluding steroid dienone is 7. The molecular formula is C35H42. The molecule has 0 bridgehead atoms. The Morgan fingerprint density at radius 1 is 0.943 bits per heavy atom. The van der Waals surface area contributed by atoms with Crippen LogP contribution in [-0.4, -0.2) is 0 Å². The predicted molar refractivity (Wildman–Crippen MR) is 154 cm³/mol. The van der Waals surface area contributed by atoms with Crippen molar-refractivity contribution in [3.05, 3.63) is 123 Å². The molecule has 2 aliphatic rings. The van der Waals surface area contributed by atoms with E-state index in [1.165, 1.54) is 55.7 Å². The fourth-order valence-electron chi connectivity index (χ4n) is 6.48. The van der Waals surface area contributed by atoms with Gasteiger partial charge in [0.25, 0.3) is 0 Å². The van der Waals surface area contributed by atoms with Gasteiger partial charge in [0, 0.05) is 11.8 Å². The molecule has 0 nitrogen and oxygen atoms in total. The number of hydrogen-bond acceptors (Lipinski definition) is 0. The predicted octanol–water partition coefficient (Wildman–Crippen LogP) is 9.73. The third-order valence-corrected chi connectivity index (χ3v) is 8.06. The lowest BCUT2D eigenvalue weighted by Crippen LogP contribution is -2.21. The molecule has 2 unspecified atom stereocenters. The third kappa shape index (κ3) is 4.81. The third-order valence-electron chi connectivity index (χ3n) is 8.06. The second-order valence-corrected chi connectivity index (χ2v) is 10.3. The van der Waals surface area contributed by atoms with Crippen LogP contribution in [-0.2, 0) is 19.3 Å². The minimum absolute atomic E-state index is 0.300. The highest BCUT2D eigenvalue weighted by Crippen LogP contribution is 2.55. The zero-order valence-corrected chi connectivity index (χ0v) is 22.5. The van der Waals surface area contributed by atoms with Crippen LogP contribution in [0.2, 0.25) is 0 Å². The second-order valence-electron chi connectivity index (χ2n) is 10.3. The number of rotatable bonds is 8. The Labute approximate surface area is 213 Å². The quantitative estimate of drug-likeness (QED) is 0.366. The van der Waals surface area contributed by atoms with Crippen molar-refractivity contribution in [2.75, 3.05) is 0 Å². The largest absolute Gasteiger partial charge is 0.0955 e. The van der Waals surface area contributed by atoms with Crippen molar-refractivity contribution in [1.29, 1.82) is 0 Å². The van der Waals surface area contributed by atoms with Gasteiger partial charge in [0.05, 0.1) is 0 Å². The van der Waals surface area contributed by atoms with Gasteiger partial charge in [0.2, 0.25) is 0 Å². The monoisotopic (exact) mass is 462 g/mol. The Morgan fingerprint density at radius 2 is 1.60 bits per heavy atom. The van der Waals surface area contributed by atoms with Crippen molar-refractivity contribution in [2.45, 2.75) is 79.1 Å². The summed E-state index contributed by atoms with van der Waals surface area (Å²) in [6.07, 6.45) is 11.3. The van der Waals surface area contributed by atoms with Crippen LogP contribution in [0.1, 0.15) is 87.6 Å². The molecule has 0 saturated heterocycles. The van der Waals surface area contributed by atoms with Crippen LogP contribution in [0.4, 0.5) is 0 Å². The summed E-state index contributed by atoms with van der Waals surface area (Å²) in [6.45, 7) is 20.6. The first-order chi connectivity index (χ1) is 16.9. The van der Waals surface area contributed by atoms with Crippen molar-refractivity contribution in [1.82, 2.24) is 0 Å². The summed E-state index contributed by atoms with van der Waals surface area (Å²) in [5.41, 5.74) is 15.5. The zero-order chi connectivity index (χ0) is 25.1. The first kappa shape index (κ1) is 25.2. The Kier molecular flexibility index (Phi) is 7.80. The van der Waals surface area contributed by atoms with Crippen LogP contribution in [0.5, 0.6) is 0 Å². The molecule has 2 aliphatic carbocycles. The molecule has 2 aromatic rings. The van der Waals surface area contributed by atoms with Crippen molar-refractivity contribution in [3.8, 4) is 0 Å². The number of fused-ring (bicyclic) bond motifs is 1. The van der Waals surface area contributed by atoms with Gasteiger partial charge in [-0.15, -0.1) is 0 Å². The zero-order valence-electron chi connectivity index (χ0n) is 22.5. The number of aryl methyl sites for hydroxylation is 2. The average Bonchev–Trinajstić information content (AvgIpc) is 3.17. The highest BCUT2D eigenvalue weighted by molar-refractivity contribution is 5.68. The fourth-order valence-corrected chi connectivity index (χ4v) is 6.48. The van der Waals surface area contributed by atoms with Gasteiger partial charge in [-0.2, -0.15) is 0 Å². The maximum absolute atomic E-state index is 4.71. The maximum Gasteiger partial charge on any atom is 0.0201 e. The van der Waals surface area contributed by atoms with E-state index in [9.17, 15) is 0 Å². The maximum atomic E-state index is 4.71. The van der Waals surface area contributed by atoms with Crippen LogP contribution in [0.25, 0.3) is 6.08 Å². The Bertz CT molecular complexity index is 1190. The number of hydrogen-bond donors (Lipinski definition) is 0. The van der Waals surface area contributed by atoms with E-state index < -0.39 is 0 Å². The minimum Gasteiger partial charge on any atom is -0.0955 e. The van der Waals surface area contributed by atoms with Crippen LogP contribution < -0.4 is 0 Å². The van der Waals surface area contributed by atoms with E-state index in [-0.39, 0.29) is 0 Å². The lowest BCUT2D eigenvalue weighted by molar-refractivity contribution is 0.619. The van der Waals surface area contributed by atoms with E-state index in [4.69, 9.17) is 6.58 Å². The molecule has 0 spiro atoms.